The highest BCUT2D eigenvalue weighted by molar-refractivity contribution is 9.12. The van der Waals surface area contributed by atoms with Crippen molar-refractivity contribution in [1.29, 1.82) is 0 Å². The van der Waals surface area contributed by atoms with Crippen molar-refractivity contribution >= 4 is 15.9 Å². The zero-order chi connectivity index (χ0) is 9.02. The number of allylic oxidation sites excluding steroid dienone is 4. The first kappa shape index (κ1) is 10.8. The molecular formula is C7H8BrF3. The van der Waals surface area contributed by atoms with Gasteiger partial charge in [-0.25, -0.2) is 13.2 Å². The van der Waals surface area contributed by atoms with Gasteiger partial charge >= 0.3 is 0 Å². The quantitative estimate of drug-likeness (QED) is 0.632. The third-order valence-corrected chi connectivity index (χ3v) is 1.99. The summed E-state index contributed by atoms with van der Waals surface area (Å²) in [7, 11) is 0. The number of alkyl halides is 2. The third-order valence-electron chi connectivity index (χ3n) is 1.10. The molecule has 0 radical (unpaired) electrons. The van der Waals surface area contributed by atoms with E-state index in [2.05, 4.69) is 15.9 Å². The molecule has 0 atom stereocenters. The van der Waals surface area contributed by atoms with E-state index in [1.165, 1.54) is 6.08 Å². The van der Waals surface area contributed by atoms with E-state index in [1.807, 2.05) is 0 Å². The zero-order valence-electron chi connectivity index (χ0n) is 6.17. The Bertz CT molecular complexity index is 190. The maximum atomic E-state index is 12.4. The van der Waals surface area contributed by atoms with Gasteiger partial charge in [-0.15, -0.1) is 0 Å². The second-order valence-electron chi connectivity index (χ2n) is 1.88. The van der Waals surface area contributed by atoms with Crippen LogP contribution in [0.1, 0.15) is 13.8 Å². The lowest BCUT2D eigenvalue weighted by atomic mass is 10.2. The summed E-state index contributed by atoms with van der Waals surface area (Å²) >= 11 is 2.83. The van der Waals surface area contributed by atoms with Crippen LogP contribution in [0.15, 0.2) is 22.0 Å². The summed E-state index contributed by atoms with van der Waals surface area (Å²) in [6, 6.07) is 0. The van der Waals surface area contributed by atoms with Gasteiger partial charge in [-0.1, -0.05) is 22.0 Å². The van der Waals surface area contributed by atoms with Crippen molar-refractivity contribution in [2.24, 2.45) is 0 Å². The van der Waals surface area contributed by atoms with Gasteiger partial charge in [0.15, 0.2) is 0 Å². The molecule has 0 aromatic heterocycles. The van der Waals surface area contributed by atoms with E-state index >= 15 is 0 Å². The van der Waals surface area contributed by atoms with Gasteiger partial charge < -0.3 is 0 Å². The maximum Gasteiger partial charge on any atom is 0.267 e. The number of rotatable bonds is 2. The van der Waals surface area contributed by atoms with Crippen LogP contribution in [0.3, 0.4) is 0 Å². The van der Waals surface area contributed by atoms with Crippen molar-refractivity contribution in [3.63, 3.8) is 0 Å². The van der Waals surface area contributed by atoms with E-state index < -0.39 is 17.8 Å². The summed E-state index contributed by atoms with van der Waals surface area (Å²) in [6.07, 6.45) is -1.39. The summed E-state index contributed by atoms with van der Waals surface area (Å²) in [6.45, 7) is 2.56. The molecule has 11 heavy (non-hydrogen) atoms. The molecule has 0 aliphatic carbocycles. The number of halogens is 4. The molecule has 64 valence electrons. The molecule has 0 aromatic carbocycles. The van der Waals surface area contributed by atoms with Crippen LogP contribution in [0.2, 0.25) is 0 Å². The fourth-order valence-electron chi connectivity index (χ4n) is 0.575. The first-order valence-corrected chi connectivity index (χ1v) is 3.76. The minimum atomic E-state index is -2.77. The van der Waals surface area contributed by atoms with Crippen molar-refractivity contribution in [2.75, 3.05) is 0 Å². The highest BCUT2D eigenvalue weighted by Crippen LogP contribution is 2.26. The van der Waals surface area contributed by atoms with Crippen molar-refractivity contribution in [2.45, 2.75) is 20.3 Å². The Morgan fingerprint density at radius 2 is 1.91 bits per heavy atom. The lowest BCUT2D eigenvalue weighted by Gasteiger charge is -2.04. The Kier molecular flexibility index (Phi) is 4.49. The molecule has 0 aliphatic rings. The average Bonchev–Trinajstić information content (AvgIpc) is 1.85. The van der Waals surface area contributed by atoms with Crippen LogP contribution in [0, 0.1) is 0 Å². The Hall–Kier alpha value is -0.250. The van der Waals surface area contributed by atoms with Crippen LogP contribution in [-0.2, 0) is 0 Å². The number of hydrogen-bond donors (Lipinski definition) is 0. The van der Waals surface area contributed by atoms with Gasteiger partial charge in [0.2, 0.25) is 0 Å². The van der Waals surface area contributed by atoms with E-state index in [-0.39, 0.29) is 4.48 Å². The Morgan fingerprint density at radius 3 is 2.00 bits per heavy atom. The van der Waals surface area contributed by atoms with E-state index in [1.54, 1.807) is 6.92 Å². The van der Waals surface area contributed by atoms with Gasteiger partial charge in [-0.05, 0) is 13.8 Å². The molecule has 0 rings (SSSR count). The molecule has 0 N–H and O–H groups in total. The van der Waals surface area contributed by atoms with Gasteiger partial charge in [0, 0.05) is 4.48 Å². The third kappa shape index (κ3) is 3.10. The van der Waals surface area contributed by atoms with Crippen LogP contribution >= 0.6 is 15.9 Å². The summed E-state index contributed by atoms with van der Waals surface area (Å²) in [4.78, 5) is 0. The molecule has 0 amide bonds. The van der Waals surface area contributed by atoms with Crippen LogP contribution in [0.5, 0.6) is 0 Å². The Labute approximate surface area is 71.9 Å². The molecule has 0 heterocycles. The Balaban J connectivity index is 4.79. The minimum Gasteiger partial charge on any atom is -0.212 e. The monoisotopic (exact) mass is 228 g/mol. The molecule has 0 fully saturated rings. The fraction of sp³-hybridized carbons (Fsp3) is 0.429. The van der Waals surface area contributed by atoms with Gasteiger partial charge in [0.05, 0.1) is 5.57 Å². The minimum absolute atomic E-state index is 0.104. The first-order valence-electron chi connectivity index (χ1n) is 2.97. The smallest absolute Gasteiger partial charge is 0.212 e. The first-order chi connectivity index (χ1) is 5.00. The molecule has 4 heteroatoms. The maximum absolute atomic E-state index is 12.4. The van der Waals surface area contributed by atoms with Crippen LogP contribution < -0.4 is 0 Å². The highest BCUT2D eigenvalue weighted by Gasteiger charge is 2.16. The molecular weight excluding hydrogens is 221 g/mol. The SMILES string of the molecule is CC=C(Br)C(=C(C)F)C(F)F. The predicted molar refractivity (Wildman–Crippen MR) is 42.5 cm³/mol. The summed E-state index contributed by atoms with van der Waals surface area (Å²) in [5, 5.41) is 0. The van der Waals surface area contributed by atoms with E-state index in [0.717, 1.165) is 6.92 Å². The second-order valence-corrected chi connectivity index (χ2v) is 2.74. The van der Waals surface area contributed by atoms with Crippen molar-refractivity contribution in [3.05, 3.63) is 22.0 Å². The van der Waals surface area contributed by atoms with E-state index in [0.29, 0.717) is 0 Å². The topological polar surface area (TPSA) is 0 Å². The average molecular weight is 229 g/mol. The number of hydrogen-bond acceptors (Lipinski definition) is 0. The lowest BCUT2D eigenvalue weighted by molar-refractivity contribution is 0.190. The van der Waals surface area contributed by atoms with Crippen LogP contribution in [0.4, 0.5) is 13.2 Å². The largest absolute Gasteiger partial charge is 0.267 e. The molecule has 0 nitrogen and oxygen atoms in total. The standard InChI is InChI=1S/C7H8BrF3/c1-3-5(8)6(4(2)9)7(10)11/h3,7H,1-2H3. The van der Waals surface area contributed by atoms with Crippen molar-refractivity contribution in [3.8, 4) is 0 Å². The highest BCUT2D eigenvalue weighted by atomic mass is 79.9. The normalized spacial score (nSPS) is 15.4. The van der Waals surface area contributed by atoms with Gasteiger partial charge in [0.25, 0.3) is 6.43 Å². The van der Waals surface area contributed by atoms with E-state index in [9.17, 15) is 13.2 Å². The van der Waals surface area contributed by atoms with Gasteiger partial charge in [0.1, 0.15) is 5.83 Å². The van der Waals surface area contributed by atoms with Gasteiger partial charge in [-0.3, -0.25) is 0 Å². The van der Waals surface area contributed by atoms with Crippen molar-refractivity contribution in [1.82, 2.24) is 0 Å². The second kappa shape index (κ2) is 4.59. The fourth-order valence-corrected chi connectivity index (χ4v) is 1.02. The van der Waals surface area contributed by atoms with Crippen LogP contribution in [-0.4, -0.2) is 6.43 Å². The molecule has 0 spiro atoms. The molecule has 0 aliphatic heterocycles. The van der Waals surface area contributed by atoms with Gasteiger partial charge in [-0.2, -0.15) is 0 Å². The van der Waals surface area contributed by atoms with E-state index in [4.69, 9.17) is 0 Å². The van der Waals surface area contributed by atoms with Crippen molar-refractivity contribution < 1.29 is 13.2 Å². The molecule has 0 bridgehead atoms. The molecule has 0 saturated heterocycles. The summed E-state index contributed by atoms with van der Waals surface area (Å²) < 4.78 is 36.5. The molecule has 0 aromatic rings. The lowest BCUT2D eigenvalue weighted by Crippen LogP contribution is -1.98. The van der Waals surface area contributed by atoms with Crippen LogP contribution in [0.25, 0.3) is 0 Å². The zero-order valence-corrected chi connectivity index (χ0v) is 7.75. The molecule has 0 saturated carbocycles. The summed E-state index contributed by atoms with van der Waals surface area (Å²) in [5.41, 5.74) is -0.576. The summed E-state index contributed by atoms with van der Waals surface area (Å²) in [5.74, 6) is -0.857. The Morgan fingerprint density at radius 1 is 1.45 bits per heavy atom. The molecule has 0 unspecified atom stereocenters. The predicted octanol–water partition coefficient (Wildman–Crippen LogP) is 3.79.